The van der Waals surface area contributed by atoms with Crippen molar-refractivity contribution in [2.24, 2.45) is 5.73 Å². The van der Waals surface area contributed by atoms with Crippen LogP contribution in [0.25, 0.3) is 0 Å². The highest BCUT2D eigenvalue weighted by Gasteiger charge is 2.19. The monoisotopic (exact) mass is 195 g/mol. The molecule has 2 nitrogen and oxygen atoms in total. The van der Waals surface area contributed by atoms with Crippen LogP contribution in [0.1, 0.15) is 46.8 Å². The van der Waals surface area contributed by atoms with Crippen molar-refractivity contribution in [2.75, 3.05) is 0 Å². The Bertz CT molecular complexity index is 312. The summed E-state index contributed by atoms with van der Waals surface area (Å²) in [6.07, 6.45) is 5.21. The van der Waals surface area contributed by atoms with E-state index in [1.165, 1.54) is 30.6 Å². The summed E-state index contributed by atoms with van der Waals surface area (Å²) in [5, 5.41) is 1.87. The van der Waals surface area contributed by atoms with Crippen LogP contribution in [-0.4, -0.2) is 5.91 Å². The lowest BCUT2D eigenvalue weighted by atomic mass is 10.1. The highest BCUT2D eigenvalue weighted by atomic mass is 32.1. The van der Waals surface area contributed by atoms with Gasteiger partial charge in [0.2, 0.25) is 5.91 Å². The van der Waals surface area contributed by atoms with Crippen LogP contribution in [0.2, 0.25) is 0 Å². The number of thiophene rings is 1. The van der Waals surface area contributed by atoms with Gasteiger partial charge in [-0.2, -0.15) is 0 Å². The van der Waals surface area contributed by atoms with Crippen molar-refractivity contribution in [3.63, 3.8) is 0 Å². The van der Waals surface area contributed by atoms with Crippen molar-refractivity contribution in [3.8, 4) is 0 Å². The summed E-state index contributed by atoms with van der Waals surface area (Å²) in [7, 11) is 0. The van der Waals surface area contributed by atoms with Gasteiger partial charge in [-0.15, -0.1) is 11.3 Å². The van der Waals surface area contributed by atoms with Crippen LogP contribution in [0.4, 0.5) is 0 Å². The fourth-order valence-electron chi connectivity index (χ4n) is 1.91. The van der Waals surface area contributed by atoms with Gasteiger partial charge in [-0.25, -0.2) is 0 Å². The normalized spacial score (nSPS) is 17.8. The maximum absolute atomic E-state index is 10.9. The van der Waals surface area contributed by atoms with Gasteiger partial charge in [0.15, 0.2) is 0 Å². The van der Waals surface area contributed by atoms with E-state index in [4.69, 9.17) is 5.73 Å². The summed E-state index contributed by atoms with van der Waals surface area (Å²) in [4.78, 5) is 12.2. The topological polar surface area (TPSA) is 43.1 Å². The highest BCUT2D eigenvalue weighted by molar-refractivity contribution is 7.10. The Morgan fingerprint density at radius 1 is 1.46 bits per heavy atom. The number of hydrogen-bond acceptors (Lipinski definition) is 2. The Kier molecular flexibility index (Phi) is 2.36. The Labute approximate surface area is 81.8 Å². The number of primary amides is 1. The van der Waals surface area contributed by atoms with E-state index in [0.717, 1.165) is 0 Å². The van der Waals surface area contributed by atoms with Crippen LogP contribution in [-0.2, 0) is 0 Å². The molecular formula is C10H13NOS. The molecule has 0 atom stereocenters. The first-order chi connectivity index (χ1) is 6.27. The van der Waals surface area contributed by atoms with Gasteiger partial charge in [0.05, 0.1) is 5.56 Å². The van der Waals surface area contributed by atoms with Crippen LogP contribution in [0.5, 0.6) is 0 Å². The lowest BCUT2D eigenvalue weighted by Gasteiger charge is -2.03. The molecule has 0 unspecified atom stereocenters. The Hall–Kier alpha value is -0.830. The van der Waals surface area contributed by atoms with Crippen LogP contribution < -0.4 is 5.73 Å². The van der Waals surface area contributed by atoms with Gasteiger partial charge in [-0.05, 0) is 24.8 Å². The van der Waals surface area contributed by atoms with E-state index in [1.54, 1.807) is 11.3 Å². The van der Waals surface area contributed by atoms with E-state index in [2.05, 4.69) is 0 Å². The van der Waals surface area contributed by atoms with Crippen LogP contribution in [0.3, 0.4) is 0 Å². The predicted octanol–water partition coefficient (Wildman–Crippen LogP) is 2.50. The summed E-state index contributed by atoms with van der Waals surface area (Å²) in [6, 6.07) is 1.96. The molecule has 0 radical (unpaired) electrons. The molecule has 0 aromatic carbocycles. The molecule has 1 fully saturated rings. The maximum Gasteiger partial charge on any atom is 0.249 e. The SMILES string of the molecule is NC(=O)c1csc(C2CCCC2)c1. The third kappa shape index (κ3) is 1.75. The summed E-state index contributed by atoms with van der Waals surface area (Å²) < 4.78 is 0. The highest BCUT2D eigenvalue weighted by Crippen LogP contribution is 2.37. The molecule has 1 aliphatic carbocycles. The van der Waals surface area contributed by atoms with E-state index in [0.29, 0.717) is 11.5 Å². The van der Waals surface area contributed by atoms with Crippen LogP contribution in [0.15, 0.2) is 11.4 Å². The molecule has 1 aliphatic rings. The molecule has 1 heterocycles. The Morgan fingerprint density at radius 3 is 2.69 bits per heavy atom. The summed E-state index contributed by atoms with van der Waals surface area (Å²) in [6.45, 7) is 0. The molecule has 0 saturated heterocycles. The molecule has 0 bridgehead atoms. The lowest BCUT2D eigenvalue weighted by molar-refractivity contribution is 0.100. The van der Waals surface area contributed by atoms with Crippen molar-refractivity contribution in [3.05, 3.63) is 21.9 Å². The average molecular weight is 195 g/mol. The molecule has 1 saturated carbocycles. The standard InChI is InChI=1S/C10H13NOS/c11-10(12)8-5-9(13-6-8)7-3-1-2-4-7/h5-7H,1-4H2,(H2,11,12). The number of amides is 1. The van der Waals surface area contributed by atoms with Gasteiger partial charge < -0.3 is 5.73 Å². The Balaban J connectivity index is 2.16. The minimum atomic E-state index is -0.305. The van der Waals surface area contributed by atoms with Gasteiger partial charge in [0.1, 0.15) is 0 Å². The fourth-order valence-corrected chi connectivity index (χ4v) is 2.98. The number of nitrogens with two attached hydrogens (primary N) is 1. The second-order valence-electron chi connectivity index (χ2n) is 3.58. The molecule has 2 rings (SSSR count). The molecule has 3 heteroatoms. The molecule has 0 aliphatic heterocycles. The van der Waals surface area contributed by atoms with Gasteiger partial charge >= 0.3 is 0 Å². The Morgan fingerprint density at radius 2 is 2.15 bits per heavy atom. The lowest BCUT2D eigenvalue weighted by Crippen LogP contribution is -2.09. The van der Waals surface area contributed by atoms with E-state index in [9.17, 15) is 4.79 Å². The number of carbonyl (C=O) groups excluding carboxylic acids is 1. The molecule has 0 spiro atoms. The molecular weight excluding hydrogens is 182 g/mol. The number of hydrogen-bond donors (Lipinski definition) is 1. The number of carbonyl (C=O) groups is 1. The van der Waals surface area contributed by atoms with Crippen LogP contribution >= 0.6 is 11.3 Å². The van der Waals surface area contributed by atoms with Gasteiger partial charge in [-0.1, -0.05) is 12.8 Å². The zero-order valence-corrected chi connectivity index (χ0v) is 8.27. The molecule has 70 valence electrons. The third-order valence-corrected chi connectivity index (χ3v) is 3.76. The molecule has 1 amide bonds. The second kappa shape index (κ2) is 3.50. The minimum absolute atomic E-state index is 0.305. The van der Waals surface area contributed by atoms with Crippen LogP contribution in [0, 0.1) is 0 Å². The zero-order chi connectivity index (χ0) is 9.26. The average Bonchev–Trinajstić information content (AvgIpc) is 2.75. The van der Waals surface area contributed by atoms with E-state index in [-0.39, 0.29) is 5.91 Å². The molecule has 13 heavy (non-hydrogen) atoms. The first-order valence-electron chi connectivity index (χ1n) is 4.65. The first kappa shape index (κ1) is 8.75. The van der Waals surface area contributed by atoms with Crippen molar-refractivity contribution in [1.82, 2.24) is 0 Å². The van der Waals surface area contributed by atoms with Crippen molar-refractivity contribution >= 4 is 17.2 Å². The zero-order valence-electron chi connectivity index (χ0n) is 7.45. The molecule has 1 aromatic heterocycles. The quantitative estimate of drug-likeness (QED) is 0.774. The number of rotatable bonds is 2. The summed E-state index contributed by atoms with van der Waals surface area (Å²) in [5.74, 6) is 0.388. The maximum atomic E-state index is 10.9. The van der Waals surface area contributed by atoms with Crippen molar-refractivity contribution < 1.29 is 4.79 Å². The largest absolute Gasteiger partial charge is 0.366 e. The van der Waals surface area contributed by atoms with Gasteiger partial charge in [0, 0.05) is 10.3 Å². The minimum Gasteiger partial charge on any atom is -0.366 e. The van der Waals surface area contributed by atoms with E-state index in [1.807, 2.05) is 11.4 Å². The molecule has 2 N–H and O–H groups in total. The van der Waals surface area contributed by atoms with E-state index >= 15 is 0 Å². The summed E-state index contributed by atoms with van der Waals surface area (Å²) >= 11 is 1.67. The van der Waals surface area contributed by atoms with Gasteiger partial charge in [0.25, 0.3) is 0 Å². The second-order valence-corrected chi connectivity index (χ2v) is 4.53. The smallest absolute Gasteiger partial charge is 0.249 e. The summed E-state index contributed by atoms with van der Waals surface area (Å²) in [5.41, 5.74) is 5.87. The van der Waals surface area contributed by atoms with E-state index < -0.39 is 0 Å². The third-order valence-electron chi connectivity index (χ3n) is 2.66. The first-order valence-corrected chi connectivity index (χ1v) is 5.53. The molecule has 1 aromatic rings. The van der Waals surface area contributed by atoms with Crippen molar-refractivity contribution in [1.29, 1.82) is 0 Å². The van der Waals surface area contributed by atoms with Crippen molar-refractivity contribution in [2.45, 2.75) is 31.6 Å². The van der Waals surface area contributed by atoms with Gasteiger partial charge in [-0.3, -0.25) is 4.79 Å². The predicted molar refractivity (Wildman–Crippen MR) is 54.0 cm³/mol. The fraction of sp³-hybridized carbons (Fsp3) is 0.500.